The minimum Gasteiger partial charge on any atom is -0.457 e. The van der Waals surface area contributed by atoms with Crippen LogP contribution in [-0.2, 0) is 33.3 Å². The minimum atomic E-state index is -3.30. The fourth-order valence-electron chi connectivity index (χ4n) is 5.53. The van der Waals surface area contributed by atoms with Gasteiger partial charge in [0.1, 0.15) is 42.6 Å². The first-order valence-electron chi connectivity index (χ1n) is 15.9. The zero-order valence-corrected chi connectivity index (χ0v) is 29.8. The number of hydrogen-bond donors (Lipinski definition) is 1. The van der Waals surface area contributed by atoms with Gasteiger partial charge < -0.3 is 24.3 Å². The number of amides is 2. The molecule has 0 aromatic heterocycles. The van der Waals surface area contributed by atoms with E-state index in [4.69, 9.17) is 18.9 Å². The van der Waals surface area contributed by atoms with Gasteiger partial charge in [-0.05, 0) is 22.8 Å². The number of alkyl carbamates (subject to hydrolysis) is 1. The standard InChI is InChI=1S/C38H39N2O9PS/c1-5-23-46-36(43)34(50(28-17-11-8-12-18-28,29-19-13-9-14-20-29)30-21-15-10-16-22-30)40-33(42)32(27(4)49-38(45)48-25-7-3)35(40)51-31(41)26-39-37(44)47-24-6-2/h5-22,27,32,35H,1-3,23-26H2,4H3,(H,39,44)/t27?,32-,35+/m0/s1. The maximum atomic E-state index is 14.6. The summed E-state index contributed by atoms with van der Waals surface area (Å²) in [5, 5.41) is 2.96. The van der Waals surface area contributed by atoms with Gasteiger partial charge in [-0.3, -0.25) is 14.5 Å². The summed E-state index contributed by atoms with van der Waals surface area (Å²) < 4.78 is 21.1. The highest BCUT2D eigenvalue weighted by molar-refractivity contribution is 8.14. The zero-order chi connectivity index (χ0) is 36.8. The summed E-state index contributed by atoms with van der Waals surface area (Å²) in [7, 11) is 0. The Bertz CT molecular complexity index is 1700. The Kier molecular flexibility index (Phi) is 14.0. The maximum Gasteiger partial charge on any atom is 0.508 e. The van der Waals surface area contributed by atoms with Crippen molar-refractivity contribution in [2.75, 3.05) is 26.4 Å². The van der Waals surface area contributed by atoms with Gasteiger partial charge in [0.2, 0.25) is 11.0 Å². The van der Waals surface area contributed by atoms with Gasteiger partial charge in [0.05, 0.1) is 6.54 Å². The van der Waals surface area contributed by atoms with Crippen molar-refractivity contribution >= 4 is 69.2 Å². The van der Waals surface area contributed by atoms with Gasteiger partial charge >= 0.3 is 18.2 Å². The Morgan fingerprint density at radius 3 is 1.75 bits per heavy atom. The number of carbonyl (C=O) groups excluding carboxylic acids is 5. The number of likely N-dealkylation sites (tertiary alicyclic amines) is 1. The maximum absolute atomic E-state index is 14.6. The van der Waals surface area contributed by atoms with Gasteiger partial charge in [-0.15, -0.1) is 0 Å². The molecule has 0 saturated carbocycles. The van der Waals surface area contributed by atoms with E-state index in [1.807, 2.05) is 91.0 Å². The molecule has 51 heavy (non-hydrogen) atoms. The molecule has 1 aliphatic rings. The van der Waals surface area contributed by atoms with E-state index >= 15 is 0 Å². The molecule has 11 nitrogen and oxygen atoms in total. The van der Waals surface area contributed by atoms with Crippen LogP contribution in [0.1, 0.15) is 6.92 Å². The summed E-state index contributed by atoms with van der Waals surface area (Å²) in [4.78, 5) is 68.5. The van der Waals surface area contributed by atoms with Crippen molar-refractivity contribution in [3.63, 3.8) is 0 Å². The number of nitrogens with one attached hydrogen (secondary N) is 1. The molecule has 0 aliphatic carbocycles. The molecular weight excluding hydrogens is 691 g/mol. The van der Waals surface area contributed by atoms with E-state index in [1.165, 1.54) is 30.1 Å². The first kappa shape index (κ1) is 38.5. The monoisotopic (exact) mass is 730 g/mol. The fraction of sp³-hybridized carbons (Fsp3) is 0.211. The van der Waals surface area contributed by atoms with Crippen LogP contribution >= 0.6 is 18.6 Å². The van der Waals surface area contributed by atoms with E-state index in [0.29, 0.717) is 11.8 Å². The van der Waals surface area contributed by atoms with Crippen LogP contribution in [0.15, 0.2) is 129 Å². The third kappa shape index (κ3) is 8.89. The molecule has 1 aliphatic heterocycles. The van der Waals surface area contributed by atoms with Crippen LogP contribution in [0, 0.1) is 5.92 Å². The first-order valence-corrected chi connectivity index (χ1v) is 18.6. The van der Waals surface area contributed by atoms with Gasteiger partial charge in [0.25, 0.3) is 0 Å². The predicted molar refractivity (Wildman–Crippen MR) is 200 cm³/mol. The van der Waals surface area contributed by atoms with Crippen molar-refractivity contribution in [1.29, 1.82) is 0 Å². The normalized spacial score (nSPS) is 15.6. The topological polar surface area (TPSA) is 138 Å². The van der Waals surface area contributed by atoms with Crippen molar-refractivity contribution in [2.45, 2.75) is 18.4 Å². The number of rotatable bonds is 16. The molecule has 3 atom stereocenters. The molecule has 1 unspecified atom stereocenters. The van der Waals surface area contributed by atoms with Gasteiger partial charge in [0.15, 0.2) is 0 Å². The number of β-lactam (4-membered cyclic amide) rings is 1. The highest BCUT2D eigenvalue weighted by Crippen LogP contribution is 2.51. The van der Waals surface area contributed by atoms with E-state index in [-0.39, 0.29) is 25.2 Å². The fourth-order valence-corrected chi connectivity index (χ4v) is 11.2. The number of benzene rings is 3. The third-order valence-electron chi connectivity index (χ3n) is 7.64. The van der Waals surface area contributed by atoms with Gasteiger partial charge in [-0.25, -0.2) is 14.4 Å². The lowest BCUT2D eigenvalue weighted by atomic mass is 9.92. The third-order valence-corrected chi connectivity index (χ3v) is 13.0. The van der Waals surface area contributed by atoms with Crippen molar-refractivity contribution in [3.05, 3.63) is 129 Å². The molecule has 266 valence electrons. The largest absolute Gasteiger partial charge is 0.508 e. The lowest BCUT2D eigenvalue weighted by Gasteiger charge is -2.50. The minimum absolute atomic E-state index is 0.0132. The SMILES string of the molecule is C=CCOC(=O)NCC(=O)S[C@@H]1[C@@H](C(C)OC(=O)OCC=C)C(=O)N1C(C(=O)OCC=C)=P(c1ccccc1)(c1ccccc1)c1ccccc1. The van der Waals surface area contributed by atoms with Crippen LogP contribution < -0.4 is 21.2 Å². The van der Waals surface area contributed by atoms with E-state index in [0.717, 1.165) is 15.9 Å². The lowest BCUT2D eigenvalue weighted by molar-refractivity contribution is -0.152. The quantitative estimate of drug-likeness (QED) is 0.0737. The van der Waals surface area contributed by atoms with E-state index in [1.54, 1.807) is 0 Å². The van der Waals surface area contributed by atoms with Crippen molar-refractivity contribution in [1.82, 2.24) is 10.2 Å². The van der Waals surface area contributed by atoms with Crippen molar-refractivity contribution < 1.29 is 42.9 Å². The molecule has 3 aromatic rings. The number of hydrogen-bond acceptors (Lipinski definition) is 10. The number of thioether (sulfide) groups is 1. The Morgan fingerprint density at radius 1 is 0.784 bits per heavy atom. The highest BCUT2D eigenvalue weighted by Gasteiger charge is 2.57. The molecule has 0 bridgehead atoms. The van der Waals surface area contributed by atoms with Gasteiger partial charge in [-0.1, -0.05) is 141 Å². The molecule has 1 N–H and O–H groups in total. The Hall–Kier alpha value is -5.32. The van der Waals surface area contributed by atoms with Crippen molar-refractivity contribution in [3.8, 4) is 0 Å². The van der Waals surface area contributed by atoms with Crippen LogP contribution in [0.25, 0.3) is 0 Å². The Labute approximate surface area is 301 Å². The summed E-state index contributed by atoms with van der Waals surface area (Å²) in [6.45, 7) is 8.10. The molecule has 0 radical (unpaired) electrons. The predicted octanol–water partition coefficient (Wildman–Crippen LogP) is 4.52. The molecule has 1 fully saturated rings. The second-order valence-corrected chi connectivity index (χ2v) is 15.4. The van der Waals surface area contributed by atoms with Crippen LogP contribution in [0.2, 0.25) is 0 Å². The average molecular weight is 731 g/mol. The number of ether oxygens (including phenoxy) is 4. The summed E-state index contributed by atoms with van der Waals surface area (Å²) in [6.07, 6.45) is 1.19. The van der Waals surface area contributed by atoms with Crippen LogP contribution in [0.4, 0.5) is 9.59 Å². The number of esters is 1. The molecule has 2 amide bonds. The molecule has 0 spiro atoms. The first-order chi connectivity index (χ1) is 24.7. The molecule has 1 saturated heterocycles. The van der Waals surface area contributed by atoms with E-state index in [2.05, 4.69) is 25.1 Å². The van der Waals surface area contributed by atoms with E-state index in [9.17, 15) is 24.0 Å². The van der Waals surface area contributed by atoms with Crippen LogP contribution in [0.5, 0.6) is 0 Å². The second kappa shape index (κ2) is 18.6. The summed E-state index contributed by atoms with van der Waals surface area (Å²) >= 11 is 0.713. The summed E-state index contributed by atoms with van der Waals surface area (Å²) in [6, 6.07) is 28.0. The average Bonchev–Trinajstić information content (AvgIpc) is 3.15. The molecule has 13 heteroatoms. The lowest BCUT2D eigenvalue weighted by Crippen LogP contribution is -2.67. The second-order valence-electron chi connectivity index (χ2n) is 10.9. The molecule has 4 rings (SSSR count). The van der Waals surface area contributed by atoms with E-state index < -0.39 is 60.1 Å². The smallest absolute Gasteiger partial charge is 0.457 e. The van der Waals surface area contributed by atoms with Crippen molar-refractivity contribution in [2.24, 2.45) is 5.92 Å². The summed E-state index contributed by atoms with van der Waals surface area (Å²) in [5.74, 6) is -2.48. The van der Waals surface area contributed by atoms with Crippen LogP contribution in [-0.4, -0.2) is 77.4 Å². The Balaban J connectivity index is 1.99. The molecule has 3 aromatic carbocycles. The summed E-state index contributed by atoms with van der Waals surface area (Å²) in [5.41, 5.74) is 0.0132. The molecule has 1 heterocycles. The Morgan fingerprint density at radius 2 is 1.25 bits per heavy atom. The number of carbonyl (C=O) groups is 5. The number of nitrogens with zero attached hydrogens (tertiary/aromatic N) is 1. The van der Waals surface area contributed by atoms with Gasteiger partial charge in [0, 0.05) is 6.89 Å². The molecular formula is C38H39N2O9PS. The highest BCUT2D eigenvalue weighted by atomic mass is 32.2. The van der Waals surface area contributed by atoms with Crippen LogP contribution in [0.3, 0.4) is 0 Å². The zero-order valence-electron chi connectivity index (χ0n) is 28.1. The van der Waals surface area contributed by atoms with Gasteiger partial charge in [-0.2, -0.15) is 0 Å².